The lowest BCUT2D eigenvalue weighted by molar-refractivity contribution is 0.201. The molecule has 0 bridgehead atoms. The summed E-state index contributed by atoms with van der Waals surface area (Å²) < 4.78 is 29.2. The molecule has 0 saturated heterocycles. The lowest BCUT2D eigenvalue weighted by Gasteiger charge is -2.15. The van der Waals surface area contributed by atoms with E-state index >= 15 is 0 Å². The number of aliphatic hydroxyl groups excluding tert-OH is 1. The molecule has 0 aliphatic heterocycles. The van der Waals surface area contributed by atoms with Crippen LogP contribution in [0.2, 0.25) is 5.02 Å². The Morgan fingerprint density at radius 2 is 2.11 bits per heavy atom. The Hall–Kier alpha value is -0.980. The third-order valence-corrected chi connectivity index (χ3v) is 3.63. The van der Waals surface area contributed by atoms with Gasteiger partial charge in [-0.1, -0.05) is 11.6 Å². The maximum absolute atomic E-state index is 13.8. The average Bonchev–Trinajstić information content (AvgIpc) is 2.74. The molecule has 2 rings (SSSR count). The fourth-order valence-corrected chi connectivity index (χ4v) is 2.45. The molecule has 19 heavy (non-hydrogen) atoms. The van der Waals surface area contributed by atoms with Crippen LogP contribution in [0, 0.1) is 11.6 Å². The minimum atomic E-state index is -1.33. The van der Waals surface area contributed by atoms with Crippen LogP contribution in [0.25, 0.3) is 0 Å². The molecule has 102 valence electrons. The van der Waals surface area contributed by atoms with Crippen molar-refractivity contribution in [1.82, 2.24) is 9.78 Å². The Morgan fingerprint density at radius 1 is 1.42 bits per heavy atom. The molecule has 7 heteroatoms. The molecule has 1 aromatic carbocycles. The van der Waals surface area contributed by atoms with Gasteiger partial charge in [0.1, 0.15) is 17.7 Å². The van der Waals surface area contributed by atoms with Gasteiger partial charge in [0.15, 0.2) is 0 Å². The van der Waals surface area contributed by atoms with E-state index in [9.17, 15) is 13.9 Å². The van der Waals surface area contributed by atoms with Crippen LogP contribution in [0.5, 0.6) is 0 Å². The maximum atomic E-state index is 13.8. The number of rotatable bonds is 3. The third kappa shape index (κ3) is 2.66. The molecule has 1 heterocycles. The quantitative estimate of drug-likeness (QED) is 0.857. The van der Waals surface area contributed by atoms with E-state index in [1.807, 2.05) is 6.92 Å². The second-order valence-corrected chi connectivity index (χ2v) is 5.15. The van der Waals surface area contributed by atoms with Crippen molar-refractivity contribution < 1.29 is 13.9 Å². The van der Waals surface area contributed by atoms with Gasteiger partial charge >= 0.3 is 0 Å². The Morgan fingerprint density at radius 3 is 2.74 bits per heavy atom. The number of hydrogen-bond acceptors (Lipinski definition) is 2. The van der Waals surface area contributed by atoms with Gasteiger partial charge < -0.3 is 5.11 Å². The van der Waals surface area contributed by atoms with Crippen LogP contribution >= 0.6 is 27.5 Å². The largest absolute Gasteiger partial charge is 0.382 e. The Kier molecular flexibility index (Phi) is 4.23. The molecular weight excluding hydrogens is 341 g/mol. The van der Waals surface area contributed by atoms with Crippen LogP contribution in [-0.4, -0.2) is 14.9 Å². The van der Waals surface area contributed by atoms with Crippen molar-refractivity contribution in [1.29, 1.82) is 0 Å². The highest BCUT2D eigenvalue weighted by Gasteiger charge is 2.23. The van der Waals surface area contributed by atoms with E-state index in [1.165, 1.54) is 10.9 Å². The van der Waals surface area contributed by atoms with E-state index in [2.05, 4.69) is 21.0 Å². The summed E-state index contributed by atoms with van der Waals surface area (Å²) in [5.74, 6) is -1.55. The van der Waals surface area contributed by atoms with Gasteiger partial charge in [-0.15, -0.1) is 0 Å². The van der Waals surface area contributed by atoms with E-state index in [0.29, 0.717) is 16.7 Å². The standard InChI is InChI=1S/C12H10BrClF2N2O/c1-2-18-11(7(13)5-17-18)12(19)6-3-10(16)8(14)4-9(6)15/h3-5,12,19H,2H2,1H3. The second kappa shape index (κ2) is 5.56. The van der Waals surface area contributed by atoms with Crippen molar-refractivity contribution in [2.75, 3.05) is 0 Å². The summed E-state index contributed by atoms with van der Waals surface area (Å²) in [7, 11) is 0. The predicted octanol–water partition coefficient (Wildman–Crippen LogP) is 3.68. The number of aromatic nitrogens is 2. The van der Waals surface area contributed by atoms with E-state index in [1.54, 1.807) is 0 Å². The van der Waals surface area contributed by atoms with Gasteiger partial charge in [0, 0.05) is 12.1 Å². The second-order valence-electron chi connectivity index (χ2n) is 3.88. The van der Waals surface area contributed by atoms with Crippen LogP contribution in [0.1, 0.15) is 24.3 Å². The first-order valence-corrected chi connectivity index (χ1v) is 6.66. The van der Waals surface area contributed by atoms with Gasteiger partial charge in [-0.2, -0.15) is 5.10 Å². The number of halogens is 4. The van der Waals surface area contributed by atoms with Crippen molar-refractivity contribution in [3.8, 4) is 0 Å². The zero-order chi connectivity index (χ0) is 14.2. The highest BCUT2D eigenvalue weighted by Crippen LogP contribution is 2.32. The van der Waals surface area contributed by atoms with Gasteiger partial charge in [-0.3, -0.25) is 4.68 Å². The number of aliphatic hydroxyl groups is 1. The first-order valence-electron chi connectivity index (χ1n) is 5.49. The molecule has 1 N–H and O–H groups in total. The van der Waals surface area contributed by atoms with E-state index < -0.39 is 17.7 Å². The number of hydrogen-bond donors (Lipinski definition) is 1. The molecule has 0 aliphatic rings. The molecule has 1 atom stereocenters. The third-order valence-electron chi connectivity index (χ3n) is 2.73. The molecule has 0 amide bonds. The molecule has 1 unspecified atom stereocenters. The number of benzene rings is 1. The minimum Gasteiger partial charge on any atom is -0.382 e. The van der Waals surface area contributed by atoms with E-state index in [-0.39, 0.29) is 10.6 Å². The maximum Gasteiger partial charge on any atom is 0.142 e. The van der Waals surface area contributed by atoms with Crippen molar-refractivity contribution in [3.05, 3.63) is 50.7 Å². The SMILES string of the molecule is CCn1ncc(Br)c1C(O)c1cc(F)c(Cl)cc1F. The highest BCUT2D eigenvalue weighted by atomic mass is 79.9. The molecule has 0 saturated carbocycles. The van der Waals surface area contributed by atoms with Crippen LogP contribution in [0.15, 0.2) is 22.8 Å². The Bertz CT molecular complexity index is 618. The molecule has 0 spiro atoms. The zero-order valence-electron chi connectivity index (χ0n) is 9.87. The predicted molar refractivity (Wildman–Crippen MR) is 71.0 cm³/mol. The minimum absolute atomic E-state index is 0.183. The van der Waals surface area contributed by atoms with Crippen molar-refractivity contribution in [2.45, 2.75) is 19.6 Å². The van der Waals surface area contributed by atoms with Gasteiger partial charge in [0.05, 0.1) is 21.4 Å². The molecule has 1 aromatic heterocycles. The zero-order valence-corrected chi connectivity index (χ0v) is 12.2. The summed E-state index contributed by atoms with van der Waals surface area (Å²) in [6, 6.07) is 1.73. The van der Waals surface area contributed by atoms with E-state index in [4.69, 9.17) is 11.6 Å². The monoisotopic (exact) mass is 350 g/mol. The van der Waals surface area contributed by atoms with Crippen LogP contribution in [0.4, 0.5) is 8.78 Å². The summed E-state index contributed by atoms with van der Waals surface area (Å²) in [5.41, 5.74) is 0.181. The first kappa shape index (κ1) is 14.4. The van der Waals surface area contributed by atoms with E-state index in [0.717, 1.165) is 12.1 Å². The fourth-order valence-electron chi connectivity index (χ4n) is 1.79. The van der Waals surface area contributed by atoms with Crippen molar-refractivity contribution in [3.63, 3.8) is 0 Å². The summed E-state index contributed by atoms with van der Waals surface area (Å²) in [5, 5.41) is 13.9. The molecule has 0 aliphatic carbocycles. The van der Waals surface area contributed by atoms with Crippen LogP contribution in [-0.2, 0) is 6.54 Å². The highest BCUT2D eigenvalue weighted by molar-refractivity contribution is 9.10. The topological polar surface area (TPSA) is 38.0 Å². The number of nitrogens with zero attached hydrogens (tertiary/aromatic N) is 2. The molecule has 2 aromatic rings. The molecule has 3 nitrogen and oxygen atoms in total. The van der Waals surface area contributed by atoms with Gasteiger partial charge in [-0.05, 0) is 35.0 Å². The van der Waals surface area contributed by atoms with Crippen molar-refractivity contribution in [2.24, 2.45) is 0 Å². The molecular formula is C12H10BrClF2N2O. The number of aryl methyl sites for hydroxylation is 1. The van der Waals surface area contributed by atoms with Gasteiger partial charge in [-0.25, -0.2) is 8.78 Å². The normalized spacial score (nSPS) is 12.7. The van der Waals surface area contributed by atoms with Crippen LogP contribution in [0.3, 0.4) is 0 Å². The Balaban J connectivity index is 2.52. The Labute approximate surface area is 121 Å². The molecule has 0 radical (unpaired) electrons. The first-order chi connectivity index (χ1) is 8.95. The lowest BCUT2D eigenvalue weighted by atomic mass is 10.1. The van der Waals surface area contributed by atoms with Crippen molar-refractivity contribution >= 4 is 27.5 Å². The fraction of sp³-hybridized carbons (Fsp3) is 0.250. The summed E-state index contributed by atoms with van der Waals surface area (Å²) in [6.07, 6.45) is 0.162. The summed E-state index contributed by atoms with van der Waals surface area (Å²) in [6.45, 7) is 2.32. The lowest BCUT2D eigenvalue weighted by Crippen LogP contribution is -2.11. The van der Waals surface area contributed by atoms with Crippen LogP contribution < -0.4 is 0 Å². The van der Waals surface area contributed by atoms with Gasteiger partial charge in [0.25, 0.3) is 0 Å². The summed E-state index contributed by atoms with van der Waals surface area (Å²) >= 11 is 8.71. The smallest absolute Gasteiger partial charge is 0.142 e. The van der Waals surface area contributed by atoms with Gasteiger partial charge in [0.2, 0.25) is 0 Å². The molecule has 0 fully saturated rings. The summed E-state index contributed by atoms with van der Waals surface area (Å²) in [4.78, 5) is 0. The average molecular weight is 352 g/mol.